The zero-order chi connectivity index (χ0) is 25.4. The summed E-state index contributed by atoms with van der Waals surface area (Å²) in [7, 11) is 0. The van der Waals surface area contributed by atoms with Crippen molar-refractivity contribution in [3.05, 3.63) is 58.5 Å². The number of rotatable bonds is 6. The Morgan fingerprint density at radius 3 is 2.47 bits per heavy atom. The summed E-state index contributed by atoms with van der Waals surface area (Å²) < 4.78 is 14.5. The van der Waals surface area contributed by atoms with Gasteiger partial charge in [0.1, 0.15) is 5.82 Å². The minimum absolute atomic E-state index is 0.105. The van der Waals surface area contributed by atoms with Crippen LogP contribution < -0.4 is 4.90 Å². The van der Waals surface area contributed by atoms with Crippen LogP contribution in [0.15, 0.2) is 36.5 Å². The van der Waals surface area contributed by atoms with Gasteiger partial charge in [0.05, 0.1) is 16.8 Å². The Labute approximate surface area is 218 Å². The number of halogens is 2. The number of anilines is 1. The molecule has 0 spiro atoms. The van der Waals surface area contributed by atoms with Crippen molar-refractivity contribution >= 4 is 34.0 Å². The number of carbonyl (C=O) groups is 1. The lowest BCUT2D eigenvalue weighted by Crippen LogP contribution is -2.39. The van der Waals surface area contributed by atoms with E-state index in [1.54, 1.807) is 19.2 Å². The maximum absolute atomic E-state index is 14.5. The highest BCUT2D eigenvalue weighted by molar-refractivity contribution is 6.31. The standard InChI is InChI=1S/C30H35ClFN3O/c1-19(2)30(36)25-17-33-28-7-6-22(23-15-26(31)20(3)27(32)16-23)14-24(28)29(25)35-12-8-21(9-13-35)18-34-10-4-5-11-34/h6-7,14-17,19,21H,4-5,8-13,18H2,1-3H3. The summed E-state index contributed by atoms with van der Waals surface area (Å²) in [6, 6.07) is 9.30. The summed E-state index contributed by atoms with van der Waals surface area (Å²) >= 11 is 6.31. The van der Waals surface area contributed by atoms with Crippen LogP contribution in [0.3, 0.4) is 0 Å². The molecule has 1 aromatic heterocycles. The first-order valence-electron chi connectivity index (χ1n) is 13.2. The largest absolute Gasteiger partial charge is 0.370 e. The lowest BCUT2D eigenvalue weighted by Gasteiger charge is -2.36. The van der Waals surface area contributed by atoms with E-state index in [-0.39, 0.29) is 17.5 Å². The molecule has 0 aliphatic carbocycles. The molecule has 2 aromatic carbocycles. The molecule has 0 saturated carbocycles. The summed E-state index contributed by atoms with van der Waals surface area (Å²) in [5.41, 5.74) is 4.53. The van der Waals surface area contributed by atoms with Gasteiger partial charge in [0, 0.05) is 47.7 Å². The number of pyridine rings is 1. The second kappa shape index (κ2) is 10.5. The fraction of sp³-hybridized carbons (Fsp3) is 0.467. The molecular formula is C30H35ClFN3O. The molecule has 0 bridgehead atoms. The molecule has 6 heteroatoms. The number of aromatic nitrogens is 1. The first-order valence-corrected chi connectivity index (χ1v) is 13.6. The zero-order valence-electron chi connectivity index (χ0n) is 21.5. The van der Waals surface area contributed by atoms with Gasteiger partial charge in [-0.1, -0.05) is 31.5 Å². The lowest BCUT2D eigenvalue weighted by molar-refractivity contribution is 0.0939. The van der Waals surface area contributed by atoms with Gasteiger partial charge in [0.2, 0.25) is 0 Å². The molecule has 0 N–H and O–H groups in total. The van der Waals surface area contributed by atoms with E-state index < -0.39 is 0 Å². The molecule has 2 fully saturated rings. The van der Waals surface area contributed by atoms with Crippen molar-refractivity contribution in [1.82, 2.24) is 9.88 Å². The number of Topliss-reactive ketones (excluding diaryl/α,β-unsaturated/α-hetero) is 1. The van der Waals surface area contributed by atoms with Crippen LogP contribution in [0.5, 0.6) is 0 Å². The van der Waals surface area contributed by atoms with Crippen molar-refractivity contribution in [2.75, 3.05) is 37.6 Å². The molecule has 3 heterocycles. The van der Waals surface area contributed by atoms with E-state index in [1.165, 1.54) is 38.5 Å². The van der Waals surface area contributed by atoms with Gasteiger partial charge in [-0.3, -0.25) is 9.78 Å². The number of nitrogens with zero attached hydrogens (tertiary/aromatic N) is 3. The third-order valence-corrected chi connectivity index (χ3v) is 8.28. The van der Waals surface area contributed by atoms with Gasteiger partial charge < -0.3 is 9.80 Å². The van der Waals surface area contributed by atoms with E-state index in [0.29, 0.717) is 22.1 Å². The van der Waals surface area contributed by atoms with Gasteiger partial charge >= 0.3 is 0 Å². The smallest absolute Gasteiger partial charge is 0.169 e. The van der Waals surface area contributed by atoms with E-state index in [2.05, 4.69) is 14.8 Å². The predicted molar refractivity (Wildman–Crippen MR) is 147 cm³/mol. The summed E-state index contributed by atoms with van der Waals surface area (Å²) in [5, 5.41) is 1.35. The normalized spacial score (nSPS) is 17.4. The van der Waals surface area contributed by atoms with Crippen molar-refractivity contribution in [1.29, 1.82) is 0 Å². The highest BCUT2D eigenvalue weighted by atomic mass is 35.5. The van der Waals surface area contributed by atoms with Crippen LogP contribution in [0, 0.1) is 24.6 Å². The first kappa shape index (κ1) is 25.2. The van der Waals surface area contributed by atoms with Gasteiger partial charge in [-0.25, -0.2) is 4.39 Å². The Kier molecular flexibility index (Phi) is 7.32. The minimum atomic E-state index is -0.320. The molecule has 36 heavy (non-hydrogen) atoms. The average Bonchev–Trinajstić information content (AvgIpc) is 3.39. The van der Waals surface area contributed by atoms with Gasteiger partial charge in [0.25, 0.3) is 0 Å². The number of fused-ring (bicyclic) bond motifs is 1. The fourth-order valence-electron chi connectivity index (χ4n) is 5.67. The summed E-state index contributed by atoms with van der Waals surface area (Å²) in [6.07, 6.45) is 6.63. The molecule has 5 rings (SSSR count). The summed E-state index contributed by atoms with van der Waals surface area (Å²) in [6.45, 7) is 11.0. The Bertz CT molecular complexity index is 1250. The van der Waals surface area contributed by atoms with E-state index >= 15 is 0 Å². The van der Waals surface area contributed by atoms with Crippen LogP contribution in [0.2, 0.25) is 5.02 Å². The Hall–Kier alpha value is -2.50. The van der Waals surface area contributed by atoms with Crippen LogP contribution in [-0.4, -0.2) is 48.4 Å². The van der Waals surface area contributed by atoms with E-state index in [1.807, 2.05) is 32.0 Å². The molecule has 2 aliphatic heterocycles. The molecule has 2 aliphatic rings. The van der Waals surface area contributed by atoms with Crippen molar-refractivity contribution < 1.29 is 9.18 Å². The van der Waals surface area contributed by atoms with Crippen LogP contribution in [0.4, 0.5) is 10.1 Å². The predicted octanol–water partition coefficient (Wildman–Crippen LogP) is 7.15. The second-order valence-electron chi connectivity index (χ2n) is 10.8. The van der Waals surface area contributed by atoms with Crippen molar-refractivity contribution in [2.24, 2.45) is 11.8 Å². The molecular weight excluding hydrogens is 473 g/mol. The van der Waals surface area contributed by atoms with E-state index in [9.17, 15) is 9.18 Å². The Morgan fingerprint density at radius 1 is 1.08 bits per heavy atom. The zero-order valence-corrected chi connectivity index (χ0v) is 22.2. The monoisotopic (exact) mass is 507 g/mol. The number of hydrogen-bond acceptors (Lipinski definition) is 4. The third kappa shape index (κ3) is 5.01. The Morgan fingerprint density at radius 2 is 1.81 bits per heavy atom. The number of carbonyl (C=O) groups excluding carboxylic acids is 1. The molecule has 3 aromatic rings. The maximum atomic E-state index is 14.5. The lowest BCUT2D eigenvalue weighted by atomic mass is 9.92. The van der Waals surface area contributed by atoms with Gasteiger partial charge in [-0.15, -0.1) is 0 Å². The highest BCUT2D eigenvalue weighted by Gasteiger charge is 2.28. The quantitative estimate of drug-likeness (QED) is 0.332. The topological polar surface area (TPSA) is 36.4 Å². The molecule has 0 atom stereocenters. The molecule has 4 nitrogen and oxygen atoms in total. The van der Waals surface area contributed by atoms with Crippen molar-refractivity contribution in [3.63, 3.8) is 0 Å². The maximum Gasteiger partial charge on any atom is 0.169 e. The van der Waals surface area contributed by atoms with Gasteiger partial charge in [0.15, 0.2) is 5.78 Å². The van der Waals surface area contributed by atoms with Gasteiger partial charge in [-0.2, -0.15) is 0 Å². The van der Waals surface area contributed by atoms with Crippen LogP contribution in [0.1, 0.15) is 55.5 Å². The molecule has 0 radical (unpaired) electrons. The van der Waals surface area contributed by atoms with Crippen LogP contribution in [-0.2, 0) is 0 Å². The average molecular weight is 508 g/mol. The summed E-state index contributed by atoms with van der Waals surface area (Å²) in [5.74, 6) is 0.363. The molecule has 0 amide bonds. The van der Waals surface area contributed by atoms with E-state index in [4.69, 9.17) is 11.6 Å². The number of hydrogen-bond donors (Lipinski definition) is 0. The van der Waals surface area contributed by atoms with Crippen molar-refractivity contribution in [2.45, 2.75) is 46.5 Å². The van der Waals surface area contributed by atoms with Crippen LogP contribution >= 0.6 is 11.6 Å². The molecule has 2 saturated heterocycles. The molecule has 190 valence electrons. The Balaban J connectivity index is 1.53. The fourth-order valence-corrected chi connectivity index (χ4v) is 5.88. The number of likely N-dealkylation sites (tertiary alicyclic amines) is 1. The second-order valence-corrected chi connectivity index (χ2v) is 11.2. The van der Waals surface area contributed by atoms with Gasteiger partial charge in [-0.05, 0) is 87.0 Å². The highest BCUT2D eigenvalue weighted by Crippen LogP contribution is 2.37. The van der Waals surface area contributed by atoms with Crippen molar-refractivity contribution in [3.8, 4) is 11.1 Å². The number of piperidine rings is 1. The van der Waals surface area contributed by atoms with E-state index in [0.717, 1.165) is 53.6 Å². The first-order chi connectivity index (χ1) is 17.3. The third-order valence-electron chi connectivity index (χ3n) is 7.89. The SMILES string of the molecule is Cc1c(F)cc(-c2ccc3ncc(C(=O)C(C)C)c(N4CCC(CN5CCCC5)CC4)c3c2)cc1Cl. The minimum Gasteiger partial charge on any atom is -0.370 e. The number of benzene rings is 2. The van der Waals surface area contributed by atoms with Crippen LogP contribution in [0.25, 0.3) is 22.0 Å². The summed E-state index contributed by atoms with van der Waals surface area (Å²) in [4.78, 5) is 22.9. The molecule has 0 unspecified atom stereocenters. The number of ketones is 1.